The molecule has 6 rings (SSSR count). The molecule has 1 aliphatic carbocycles. The molecule has 1 saturated heterocycles. The summed E-state index contributed by atoms with van der Waals surface area (Å²) < 4.78 is 11.1. The molecule has 3 aromatic rings. The smallest absolute Gasteiger partial charge is 0.321 e. The zero-order valence-electron chi connectivity index (χ0n) is 38.5. The maximum atomic E-state index is 14.4. The average Bonchev–Trinajstić information content (AvgIpc) is 3.97. The number of ketones is 1. The lowest BCUT2D eigenvalue weighted by molar-refractivity contribution is -0.143. The van der Waals surface area contributed by atoms with E-state index < -0.39 is 11.9 Å². The average molecular weight is 831 g/mol. The molecule has 8 bridgehead atoms. The summed E-state index contributed by atoms with van der Waals surface area (Å²) in [6, 6.07) is 0. The molecule has 0 aromatic carbocycles. The van der Waals surface area contributed by atoms with Crippen LogP contribution in [0.15, 0.2) is 29.6 Å². The van der Waals surface area contributed by atoms with Crippen molar-refractivity contribution in [2.75, 3.05) is 13.7 Å². The van der Waals surface area contributed by atoms with Crippen molar-refractivity contribution in [3.63, 3.8) is 0 Å². The standard InChI is InChI=1S/C52H70N4O5/c1-12-17-29(4)18-15-19-30(5)20-16-21-31(6)24-25-61-45(57)23-22-38-34(9)41-26-39-32(7)36(13-2)43(53-39)27-40-33(8)37(14-3)44(54-40)28-42-35(10)46-50(56-42)47(49(38)55-41)48(51(46)58)52(59)60-11/h13,24,26-30,34,38,48,53-56H,2,12,14-23,25H2,1,3-11H3/b31-24+,40-27-,41-26-,44-28?,49-47-/t29-,30-,34+,38+,48-/m1/s1. The Kier molecular flexibility index (Phi) is 14.7. The number of Topliss-reactive ketones (excluding diaryl/α,β-unsaturated/α-hetero) is 1. The number of allylic oxidation sites excluding steroid dienone is 3. The molecule has 0 unspecified atom stereocenters. The number of aromatic amines is 3. The van der Waals surface area contributed by atoms with E-state index >= 15 is 0 Å². The number of H-pyrrole nitrogens is 3. The maximum absolute atomic E-state index is 14.4. The zero-order chi connectivity index (χ0) is 44.1. The van der Waals surface area contributed by atoms with Crippen LogP contribution in [0.1, 0.15) is 167 Å². The van der Waals surface area contributed by atoms with Crippen molar-refractivity contribution in [1.29, 1.82) is 0 Å². The summed E-state index contributed by atoms with van der Waals surface area (Å²) in [5.41, 5.74) is 12.5. The van der Waals surface area contributed by atoms with Crippen LogP contribution in [0.2, 0.25) is 0 Å². The van der Waals surface area contributed by atoms with Gasteiger partial charge >= 0.3 is 11.9 Å². The lowest BCUT2D eigenvalue weighted by Gasteiger charge is -2.19. The predicted octanol–water partition coefficient (Wildman–Crippen LogP) is 10.0. The Balaban J connectivity index is 1.28. The molecule has 5 heterocycles. The number of aromatic nitrogens is 3. The van der Waals surface area contributed by atoms with Gasteiger partial charge in [0.2, 0.25) is 0 Å². The Labute approximate surface area is 363 Å². The van der Waals surface area contributed by atoms with Crippen LogP contribution >= 0.6 is 0 Å². The van der Waals surface area contributed by atoms with Gasteiger partial charge in [0.1, 0.15) is 12.5 Å². The molecule has 9 nitrogen and oxygen atoms in total. The van der Waals surface area contributed by atoms with E-state index in [0.717, 1.165) is 92.5 Å². The van der Waals surface area contributed by atoms with Gasteiger partial charge < -0.3 is 29.7 Å². The van der Waals surface area contributed by atoms with E-state index in [2.05, 4.69) is 100 Å². The number of rotatable bonds is 18. The number of ether oxygens (including phenoxy) is 2. The van der Waals surface area contributed by atoms with Gasteiger partial charge in [0.05, 0.1) is 12.8 Å². The van der Waals surface area contributed by atoms with Crippen LogP contribution in [0, 0.1) is 50.4 Å². The van der Waals surface area contributed by atoms with Gasteiger partial charge in [-0.25, -0.2) is 0 Å². The van der Waals surface area contributed by atoms with Gasteiger partial charge in [-0.3, -0.25) is 14.4 Å². The van der Waals surface area contributed by atoms with E-state index in [1.165, 1.54) is 56.8 Å². The fourth-order valence-corrected chi connectivity index (χ4v) is 10.0. The van der Waals surface area contributed by atoms with Crippen LogP contribution in [0.5, 0.6) is 0 Å². The van der Waals surface area contributed by atoms with Crippen molar-refractivity contribution < 1.29 is 23.9 Å². The number of nitrogens with one attached hydrogen (secondary N) is 4. The summed E-state index contributed by atoms with van der Waals surface area (Å²) in [6.45, 7) is 24.0. The topological polar surface area (TPSA) is 129 Å². The summed E-state index contributed by atoms with van der Waals surface area (Å²) in [5, 5.41) is 5.66. The van der Waals surface area contributed by atoms with Crippen molar-refractivity contribution in [3.05, 3.63) is 96.5 Å². The third kappa shape index (κ3) is 9.56. The summed E-state index contributed by atoms with van der Waals surface area (Å²) in [4.78, 5) is 52.3. The maximum Gasteiger partial charge on any atom is 0.321 e. The van der Waals surface area contributed by atoms with Crippen molar-refractivity contribution in [2.24, 2.45) is 29.6 Å². The molecular weight excluding hydrogens is 761 g/mol. The largest absolute Gasteiger partial charge is 0.468 e. The Morgan fingerprint density at radius 1 is 0.869 bits per heavy atom. The fraction of sp³-hybridized carbons (Fsp3) is 0.519. The van der Waals surface area contributed by atoms with Gasteiger partial charge in [-0.15, -0.1) is 0 Å². The second kappa shape index (κ2) is 19.8. The molecule has 9 heteroatoms. The van der Waals surface area contributed by atoms with E-state index in [1.807, 2.05) is 19.1 Å². The lowest BCUT2D eigenvalue weighted by atomic mass is 9.85. The molecule has 0 radical (unpaired) electrons. The van der Waals surface area contributed by atoms with Gasteiger partial charge in [0.25, 0.3) is 0 Å². The second-order valence-corrected chi connectivity index (χ2v) is 18.2. The summed E-state index contributed by atoms with van der Waals surface area (Å²) in [6.07, 6.45) is 21.6. The van der Waals surface area contributed by atoms with Crippen LogP contribution in [0.25, 0.3) is 29.9 Å². The molecule has 4 N–H and O–H groups in total. The zero-order valence-corrected chi connectivity index (χ0v) is 38.5. The third-order valence-electron chi connectivity index (χ3n) is 13.9. The van der Waals surface area contributed by atoms with Crippen molar-refractivity contribution in [3.8, 4) is 0 Å². The van der Waals surface area contributed by atoms with Crippen LogP contribution in [-0.4, -0.2) is 46.4 Å². The van der Waals surface area contributed by atoms with E-state index in [1.54, 1.807) is 0 Å². The van der Waals surface area contributed by atoms with Crippen molar-refractivity contribution in [1.82, 2.24) is 20.3 Å². The SMILES string of the molecule is C=Cc1c2[nH]c(c1C)/C=C1\N/C(=C3\c4[nH]c(c(C)c4C(=O)[C@@H]3C(=O)OC)C=c3[nH]/c(c(C)c3CC)=C\2)[C@@H](CCC(=O)OC/C=C(\C)CCC[C@H](C)CCC[C@H](C)CCC)[C@@H]1C. The van der Waals surface area contributed by atoms with Gasteiger partial charge in [0, 0.05) is 74.1 Å². The molecular formula is C52H70N4O5. The minimum absolute atomic E-state index is 0.0861. The Morgan fingerprint density at radius 3 is 2.25 bits per heavy atom. The first-order valence-electron chi connectivity index (χ1n) is 22.9. The number of hydrogen-bond donors (Lipinski definition) is 4. The Hall–Kier alpha value is -5.05. The number of methoxy groups -OCH3 is 1. The molecule has 3 aromatic heterocycles. The molecule has 0 amide bonds. The van der Waals surface area contributed by atoms with Gasteiger partial charge in [-0.05, 0) is 112 Å². The van der Waals surface area contributed by atoms with Crippen LogP contribution in [0.4, 0.5) is 0 Å². The number of esters is 2. The number of fused-ring (bicyclic) bond motifs is 7. The second-order valence-electron chi connectivity index (χ2n) is 18.2. The van der Waals surface area contributed by atoms with E-state index in [0.29, 0.717) is 23.3 Å². The first-order chi connectivity index (χ1) is 29.2. The highest BCUT2D eigenvalue weighted by atomic mass is 16.5. The molecule has 5 atom stereocenters. The molecule has 0 spiro atoms. The monoisotopic (exact) mass is 831 g/mol. The first-order valence-corrected chi connectivity index (χ1v) is 22.9. The van der Waals surface area contributed by atoms with Gasteiger partial charge in [-0.1, -0.05) is 91.4 Å². The normalized spacial score (nSPS) is 21.8. The fourth-order valence-electron chi connectivity index (χ4n) is 10.0. The summed E-state index contributed by atoms with van der Waals surface area (Å²) in [5.74, 6) is -1.06. The highest BCUT2D eigenvalue weighted by molar-refractivity contribution is 6.24. The van der Waals surface area contributed by atoms with Crippen molar-refractivity contribution >= 4 is 47.6 Å². The molecule has 328 valence electrons. The van der Waals surface area contributed by atoms with Gasteiger partial charge in [0.15, 0.2) is 5.78 Å². The highest BCUT2D eigenvalue weighted by Gasteiger charge is 2.48. The lowest BCUT2D eigenvalue weighted by Crippen LogP contribution is -2.25. The van der Waals surface area contributed by atoms with Gasteiger partial charge in [-0.2, -0.15) is 0 Å². The number of hydrogen-bond acceptors (Lipinski definition) is 6. The Morgan fingerprint density at radius 2 is 1.56 bits per heavy atom. The first kappa shape index (κ1) is 45.5. The summed E-state index contributed by atoms with van der Waals surface area (Å²) >= 11 is 0. The number of carbonyl (C=O) groups excluding carboxylic acids is 3. The van der Waals surface area contributed by atoms with Crippen LogP contribution in [-0.2, 0) is 25.5 Å². The molecule has 61 heavy (non-hydrogen) atoms. The quantitative estimate of drug-likeness (QED) is 0.0574. The van der Waals surface area contributed by atoms with E-state index in [-0.39, 0.29) is 36.6 Å². The van der Waals surface area contributed by atoms with Crippen LogP contribution < -0.4 is 16.0 Å². The third-order valence-corrected chi connectivity index (χ3v) is 13.9. The summed E-state index contributed by atoms with van der Waals surface area (Å²) in [7, 11) is 1.32. The van der Waals surface area contributed by atoms with Crippen molar-refractivity contribution in [2.45, 2.75) is 133 Å². The number of carbonyl (C=O) groups is 3. The van der Waals surface area contributed by atoms with Crippen LogP contribution in [0.3, 0.4) is 0 Å². The molecule has 3 aliphatic rings. The van der Waals surface area contributed by atoms with E-state index in [9.17, 15) is 14.4 Å². The highest BCUT2D eigenvalue weighted by Crippen LogP contribution is 2.48. The Bertz CT molecular complexity index is 2380. The minimum Gasteiger partial charge on any atom is -0.468 e. The van der Waals surface area contributed by atoms with E-state index in [4.69, 9.17) is 9.47 Å². The predicted molar refractivity (Wildman–Crippen MR) is 248 cm³/mol. The minimum atomic E-state index is -1.14. The molecule has 1 fully saturated rings. The molecule has 0 saturated carbocycles. The molecule has 2 aliphatic heterocycles.